The van der Waals surface area contributed by atoms with E-state index in [4.69, 9.17) is 4.74 Å². The highest BCUT2D eigenvalue weighted by atomic mass is 32.2. The number of hydrogen-bond donors (Lipinski definition) is 2. The van der Waals surface area contributed by atoms with Crippen molar-refractivity contribution in [2.45, 2.75) is 16.7 Å². The van der Waals surface area contributed by atoms with Crippen LogP contribution in [0.2, 0.25) is 0 Å². The molecule has 11 nitrogen and oxygen atoms in total. The van der Waals surface area contributed by atoms with E-state index >= 15 is 0 Å². The second-order valence-corrected chi connectivity index (χ2v) is 11.2. The van der Waals surface area contributed by atoms with Crippen molar-refractivity contribution in [1.29, 1.82) is 0 Å². The predicted molar refractivity (Wildman–Crippen MR) is 132 cm³/mol. The Hall–Kier alpha value is -3.39. The van der Waals surface area contributed by atoms with Crippen LogP contribution in [0.25, 0.3) is 0 Å². The highest BCUT2D eigenvalue weighted by Gasteiger charge is 2.26. The van der Waals surface area contributed by atoms with Crippen LogP contribution in [0.5, 0.6) is 0 Å². The molecule has 1 aliphatic heterocycles. The first-order valence-electron chi connectivity index (χ1n) is 10.6. The van der Waals surface area contributed by atoms with Crippen LogP contribution >= 0.6 is 0 Å². The molecule has 3 aromatic rings. The van der Waals surface area contributed by atoms with Crippen molar-refractivity contribution in [2.24, 2.45) is 4.99 Å². The third kappa shape index (κ3) is 6.19. The molecule has 0 radical (unpaired) electrons. The molecule has 0 aliphatic carbocycles. The molecular weight excluding hydrogens is 492 g/mol. The normalized spacial score (nSPS) is 15.5. The van der Waals surface area contributed by atoms with Crippen molar-refractivity contribution in [3.63, 3.8) is 0 Å². The van der Waals surface area contributed by atoms with Crippen LogP contribution in [0.15, 0.2) is 81.8 Å². The van der Waals surface area contributed by atoms with Gasteiger partial charge in [0, 0.05) is 31.2 Å². The zero-order valence-corrected chi connectivity index (χ0v) is 20.5. The zero-order valence-electron chi connectivity index (χ0n) is 18.8. The molecule has 184 valence electrons. The Morgan fingerprint density at radius 2 is 1.51 bits per heavy atom. The van der Waals surface area contributed by atoms with Gasteiger partial charge in [0.2, 0.25) is 16.0 Å². The maximum Gasteiger partial charge on any atom is 0.264 e. The quantitative estimate of drug-likeness (QED) is 0.360. The smallest absolute Gasteiger partial charge is 0.264 e. The topological polar surface area (TPSA) is 143 Å². The van der Waals surface area contributed by atoms with E-state index in [0.717, 1.165) is 0 Å². The number of amidine groups is 1. The van der Waals surface area contributed by atoms with Gasteiger partial charge in [-0.3, -0.25) is 0 Å². The molecule has 2 N–H and O–H groups in total. The molecule has 1 fully saturated rings. The SMILES string of the molecule is CC(=Nc1ccc(S(=O)(=O)Nc2ncccn2)cc1)Nc1ccc(S(=O)(=O)N2CCOCC2)cc1. The van der Waals surface area contributed by atoms with Gasteiger partial charge in [-0.05, 0) is 61.5 Å². The Kier molecular flexibility index (Phi) is 7.40. The summed E-state index contributed by atoms with van der Waals surface area (Å²) in [6, 6.07) is 14.0. The van der Waals surface area contributed by atoms with Gasteiger partial charge in [0.05, 0.1) is 28.7 Å². The van der Waals surface area contributed by atoms with Gasteiger partial charge in [0.25, 0.3) is 10.0 Å². The Bertz CT molecular complexity index is 1390. The second kappa shape index (κ2) is 10.5. The van der Waals surface area contributed by atoms with Gasteiger partial charge >= 0.3 is 0 Å². The lowest BCUT2D eigenvalue weighted by Crippen LogP contribution is -2.40. The number of anilines is 2. The molecule has 35 heavy (non-hydrogen) atoms. The molecule has 1 aliphatic rings. The summed E-state index contributed by atoms with van der Waals surface area (Å²) in [5, 5.41) is 3.10. The van der Waals surface area contributed by atoms with Gasteiger partial charge in [-0.2, -0.15) is 4.31 Å². The van der Waals surface area contributed by atoms with Crippen molar-refractivity contribution >= 4 is 43.2 Å². The number of aromatic nitrogens is 2. The van der Waals surface area contributed by atoms with Crippen molar-refractivity contribution < 1.29 is 21.6 Å². The Balaban J connectivity index is 1.41. The molecule has 0 saturated carbocycles. The van der Waals surface area contributed by atoms with E-state index in [0.29, 0.717) is 43.5 Å². The molecule has 4 rings (SSSR count). The van der Waals surface area contributed by atoms with Crippen LogP contribution in [0.3, 0.4) is 0 Å². The van der Waals surface area contributed by atoms with Gasteiger partial charge in [0.1, 0.15) is 5.84 Å². The molecule has 0 spiro atoms. The highest BCUT2D eigenvalue weighted by Crippen LogP contribution is 2.21. The van der Waals surface area contributed by atoms with E-state index in [1.54, 1.807) is 49.4 Å². The average molecular weight is 517 g/mol. The number of sulfonamides is 2. The van der Waals surface area contributed by atoms with Gasteiger partial charge in [0.15, 0.2) is 0 Å². The first-order chi connectivity index (χ1) is 16.7. The van der Waals surface area contributed by atoms with E-state index in [-0.39, 0.29) is 15.7 Å². The molecule has 0 amide bonds. The van der Waals surface area contributed by atoms with E-state index in [2.05, 4.69) is 25.0 Å². The summed E-state index contributed by atoms with van der Waals surface area (Å²) in [5.41, 5.74) is 1.20. The highest BCUT2D eigenvalue weighted by molar-refractivity contribution is 7.92. The number of rotatable bonds is 7. The summed E-state index contributed by atoms with van der Waals surface area (Å²) >= 11 is 0. The Labute approximate surface area is 204 Å². The lowest BCUT2D eigenvalue weighted by Gasteiger charge is -2.26. The summed E-state index contributed by atoms with van der Waals surface area (Å²) < 4.78 is 59.4. The number of aliphatic imine (C=N–C) groups is 1. The van der Waals surface area contributed by atoms with Crippen molar-refractivity contribution in [1.82, 2.24) is 14.3 Å². The average Bonchev–Trinajstić information content (AvgIpc) is 2.85. The van der Waals surface area contributed by atoms with E-state index in [1.165, 1.54) is 28.8 Å². The maximum atomic E-state index is 12.7. The fourth-order valence-electron chi connectivity index (χ4n) is 3.31. The molecule has 1 aromatic heterocycles. The summed E-state index contributed by atoms with van der Waals surface area (Å²) in [5.74, 6) is 0.526. The van der Waals surface area contributed by atoms with Crippen molar-refractivity contribution in [3.05, 3.63) is 67.0 Å². The number of benzene rings is 2. The van der Waals surface area contributed by atoms with Crippen LogP contribution in [0, 0.1) is 0 Å². The largest absolute Gasteiger partial charge is 0.379 e. The molecule has 2 aromatic carbocycles. The minimum atomic E-state index is -3.83. The van der Waals surface area contributed by atoms with Crippen LogP contribution in [0.4, 0.5) is 17.3 Å². The third-order valence-corrected chi connectivity index (χ3v) is 8.28. The lowest BCUT2D eigenvalue weighted by atomic mass is 10.3. The first-order valence-corrected chi connectivity index (χ1v) is 13.6. The summed E-state index contributed by atoms with van der Waals surface area (Å²) in [4.78, 5) is 12.4. The number of nitrogens with one attached hydrogen (secondary N) is 2. The zero-order chi connectivity index (χ0) is 24.9. The fraction of sp³-hybridized carbons (Fsp3) is 0.227. The monoisotopic (exact) mass is 516 g/mol. The van der Waals surface area contributed by atoms with Crippen LogP contribution in [0.1, 0.15) is 6.92 Å². The second-order valence-electron chi connectivity index (χ2n) is 7.53. The molecule has 2 heterocycles. The first kappa shape index (κ1) is 24.7. The molecule has 1 saturated heterocycles. The van der Waals surface area contributed by atoms with Crippen molar-refractivity contribution in [2.75, 3.05) is 36.3 Å². The minimum absolute atomic E-state index is 0.0154. The number of nitrogens with zero attached hydrogens (tertiary/aromatic N) is 4. The summed E-state index contributed by atoms with van der Waals surface area (Å²) in [7, 11) is -7.39. The van der Waals surface area contributed by atoms with Gasteiger partial charge in [-0.25, -0.2) is 36.5 Å². The van der Waals surface area contributed by atoms with E-state index in [1.807, 2.05) is 0 Å². The summed E-state index contributed by atoms with van der Waals surface area (Å²) in [6.07, 6.45) is 2.88. The van der Waals surface area contributed by atoms with Gasteiger partial charge in [-0.15, -0.1) is 0 Å². The number of hydrogen-bond acceptors (Lipinski definition) is 8. The lowest BCUT2D eigenvalue weighted by molar-refractivity contribution is 0.0730. The fourth-order valence-corrected chi connectivity index (χ4v) is 5.67. The van der Waals surface area contributed by atoms with Crippen molar-refractivity contribution in [3.8, 4) is 0 Å². The van der Waals surface area contributed by atoms with E-state index in [9.17, 15) is 16.8 Å². The number of morpholine rings is 1. The minimum Gasteiger partial charge on any atom is -0.379 e. The Morgan fingerprint density at radius 1 is 0.914 bits per heavy atom. The predicted octanol–water partition coefficient (Wildman–Crippen LogP) is 2.46. The molecular formula is C22H24N6O5S2. The standard InChI is InChI=1S/C22H24N6O5S2/c1-17(26-19-5-9-21(10-6-19)35(31,32)28-13-15-33-16-14-28)25-18-3-7-20(8-4-18)34(29,30)27-22-23-11-2-12-24-22/h2-12H,13-16H2,1H3,(H,25,26)(H,23,24,27). The molecule has 0 unspecified atom stereocenters. The van der Waals surface area contributed by atoms with Crippen LogP contribution < -0.4 is 10.0 Å². The van der Waals surface area contributed by atoms with Crippen LogP contribution in [-0.2, 0) is 24.8 Å². The molecule has 0 bridgehead atoms. The van der Waals surface area contributed by atoms with Gasteiger partial charge in [-0.1, -0.05) is 0 Å². The molecule has 13 heteroatoms. The third-order valence-electron chi connectivity index (χ3n) is 5.02. The summed E-state index contributed by atoms with van der Waals surface area (Å²) in [6.45, 7) is 3.20. The molecule has 0 atom stereocenters. The van der Waals surface area contributed by atoms with Crippen LogP contribution in [-0.4, -0.2) is 63.2 Å². The van der Waals surface area contributed by atoms with E-state index < -0.39 is 20.0 Å². The Morgan fingerprint density at radius 3 is 2.14 bits per heavy atom. The van der Waals surface area contributed by atoms with Gasteiger partial charge < -0.3 is 10.1 Å². The maximum absolute atomic E-state index is 12.7. The number of ether oxygens (including phenoxy) is 1.